The van der Waals surface area contributed by atoms with Gasteiger partial charge in [0, 0.05) is 24.9 Å². The Morgan fingerprint density at radius 1 is 1.29 bits per heavy atom. The number of pyridine rings is 1. The molecular formula is C24H30N6O2S2. The molecule has 10 heteroatoms. The van der Waals surface area contributed by atoms with Crippen molar-refractivity contribution >= 4 is 49.6 Å². The number of aromatic nitrogens is 2. The molecule has 0 saturated carbocycles. The number of amides is 1. The van der Waals surface area contributed by atoms with Crippen LogP contribution in [0, 0.1) is 6.92 Å². The van der Waals surface area contributed by atoms with E-state index in [1.807, 2.05) is 6.92 Å². The van der Waals surface area contributed by atoms with Crippen LogP contribution >= 0.6 is 22.7 Å². The van der Waals surface area contributed by atoms with E-state index in [2.05, 4.69) is 27.3 Å². The molecule has 180 valence electrons. The SMILES string of the molecule is Cc1nc2sc(C(=O)NC3CCc4nc(N5CC(N)C6(CCCCO6)C5)ccc4C3)c(N)c2s1. The van der Waals surface area contributed by atoms with Crippen LogP contribution in [-0.2, 0) is 17.6 Å². The van der Waals surface area contributed by atoms with Gasteiger partial charge in [-0.3, -0.25) is 4.79 Å². The molecule has 1 aliphatic carbocycles. The number of nitrogens with one attached hydrogen (secondary N) is 1. The lowest BCUT2D eigenvalue weighted by Gasteiger charge is -2.36. The van der Waals surface area contributed by atoms with E-state index < -0.39 is 0 Å². The third-order valence-electron chi connectivity index (χ3n) is 7.44. The number of thiazole rings is 1. The number of thiophene rings is 1. The Balaban J connectivity index is 1.13. The summed E-state index contributed by atoms with van der Waals surface area (Å²) in [5.41, 5.74) is 15.4. The van der Waals surface area contributed by atoms with Crippen molar-refractivity contribution in [2.75, 3.05) is 30.3 Å². The zero-order valence-electron chi connectivity index (χ0n) is 19.3. The molecule has 5 heterocycles. The Kier molecular flexibility index (Phi) is 5.51. The Labute approximate surface area is 206 Å². The van der Waals surface area contributed by atoms with Crippen LogP contribution in [0.15, 0.2) is 12.1 Å². The van der Waals surface area contributed by atoms with Crippen molar-refractivity contribution in [3.05, 3.63) is 33.3 Å². The predicted molar refractivity (Wildman–Crippen MR) is 137 cm³/mol. The second-order valence-corrected chi connectivity index (χ2v) is 12.0. The lowest BCUT2D eigenvalue weighted by Crippen LogP contribution is -2.51. The molecule has 2 aliphatic heterocycles. The van der Waals surface area contributed by atoms with Crippen molar-refractivity contribution in [3.8, 4) is 0 Å². The number of carbonyl (C=O) groups excluding carboxylic acids is 1. The highest BCUT2D eigenvalue weighted by Crippen LogP contribution is 2.38. The molecule has 3 aromatic rings. The van der Waals surface area contributed by atoms with Crippen LogP contribution in [0.4, 0.5) is 11.5 Å². The molecule has 2 saturated heterocycles. The van der Waals surface area contributed by atoms with Gasteiger partial charge in [-0.2, -0.15) is 0 Å². The van der Waals surface area contributed by atoms with Gasteiger partial charge < -0.3 is 26.4 Å². The fourth-order valence-corrected chi connectivity index (χ4v) is 7.69. The number of nitrogen functional groups attached to an aromatic ring is 1. The molecule has 0 aromatic carbocycles. The van der Waals surface area contributed by atoms with Crippen LogP contribution in [0.5, 0.6) is 0 Å². The summed E-state index contributed by atoms with van der Waals surface area (Å²) in [6.45, 7) is 4.35. The number of carbonyl (C=O) groups is 1. The first kappa shape index (κ1) is 22.2. The van der Waals surface area contributed by atoms with E-state index >= 15 is 0 Å². The summed E-state index contributed by atoms with van der Waals surface area (Å²) in [5.74, 6) is 0.879. The van der Waals surface area contributed by atoms with E-state index in [1.165, 1.54) is 34.7 Å². The van der Waals surface area contributed by atoms with Crippen LogP contribution in [0.3, 0.4) is 0 Å². The molecule has 5 N–H and O–H groups in total. The molecule has 3 aliphatic rings. The van der Waals surface area contributed by atoms with Gasteiger partial charge in [0.15, 0.2) is 0 Å². The third kappa shape index (κ3) is 3.77. The second-order valence-electron chi connectivity index (χ2n) is 9.76. The van der Waals surface area contributed by atoms with Gasteiger partial charge in [0.1, 0.15) is 21.1 Å². The normalized spacial score (nSPS) is 26.8. The Bertz CT molecular complexity index is 1250. The van der Waals surface area contributed by atoms with Crippen molar-refractivity contribution in [3.63, 3.8) is 0 Å². The number of anilines is 2. The summed E-state index contributed by atoms with van der Waals surface area (Å²) < 4.78 is 7.09. The molecule has 3 atom stereocenters. The van der Waals surface area contributed by atoms with Crippen LogP contribution < -0.4 is 21.7 Å². The Morgan fingerprint density at radius 3 is 2.97 bits per heavy atom. The fourth-order valence-electron chi connectivity index (χ4n) is 5.59. The summed E-state index contributed by atoms with van der Waals surface area (Å²) in [7, 11) is 0. The number of ether oxygens (including phenoxy) is 1. The van der Waals surface area contributed by atoms with Crippen LogP contribution in [0.2, 0.25) is 0 Å². The highest BCUT2D eigenvalue weighted by Gasteiger charge is 2.47. The predicted octanol–water partition coefficient (Wildman–Crippen LogP) is 3.02. The van der Waals surface area contributed by atoms with Crippen LogP contribution in [0.1, 0.15) is 51.6 Å². The van der Waals surface area contributed by atoms with E-state index in [0.29, 0.717) is 10.6 Å². The Morgan fingerprint density at radius 2 is 2.18 bits per heavy atom. The molecule has 34 heavy (non-hydrogen) atoms. The first-order chi connectivity index (χ1) is 16.4. The van der Waals surface area contributed by atoms with Gasteiger partial charge in [0.05, 0.1) is 28.0 Å². The largest absolute Gasteiger partial charge is 0.396 e. The number of nitrogens with zero attached hydrogens (tertiary/aromatic N) is 3. The number of fused-ring (bicyclic) bond motifs is 2. The van der Waals surface area contributed by atoms with Crippen molar-refractivity contribution in [2.24, 2.45) is 5.73 Å². The molecule has 8 nitrogen and oxygen atoms in total. The molecule has 0 radical (unpaired) electrons. The topological polar surface area (TPSA) is 119 Å². The average molecular weight is 499 g/mol. The lowest BCUT2D eigenvalue weighted by molar-refractivity contribution is -0.0717. The van der Waals surface area contributed by atoms with Gasteiger partial charge in [0.25, 0.3) is 5.91 Å². The lowest BCUT2D eigenvalue weighted by atomic mass is 9.89. The zero-order chi connectivity index (χ0) is 23.4. The summed E-state index contributed by atoms with van der Waals surface area (Å²) in [5, 5.41) is 4.16. The molecule has 2 fully saturated rings. The zero-order valence-corrected chi connectivity index (χ0v) is 20.9. The molecule has 1 spiro atoms. The Hall–Kier alpha value is -2.27. The smallest absolute Gasteiger partial charge is 0.263 e. The number of hydrogen-bond acceptors (Lipinski definition) is 9. The van der Waals surface area contributed by atoms with E-state index in [9.17, 15) is 4.79 Å². The van der Waals surface area contributed by atoms with Crippen LogP contribution in [0.25, 0.3) is 9.53 Å². The quantitative estimate of drug-likeness (QED) is 0.508. The third-order valence-corrected chi connectivity index (χ3v) is 9.67. The maximum Gasteiger partial charge on any atom is 0.263 e. The van der Waals surface area contributed by atoms with Crippen molar-refractivity contribution in [1.82, 2.24) is 15.3 Å². The number of rotatable bonds is 3. The van der Waals surface area contributed by atoms with E-state index in [1.54, 1.807) is 0 Å². The van der Waals surface area contributed by atoms with Gasteiger partial charge in [-0.1, -0.05) is 6.07 Å². The van der Waals surface area contributed by atoms with Gasteiger partial charge in [-0.25, -0.2) is 9.97 Å². The summed E-state index contributed by atoms with van der Waals surface area (Å²) in [6, 6.07) is 4.35. The highest BCUT2D eigenvalue weighted by atomic mass is 32.1. The number of hydrogen-bond donors (Lipinski definition) is 3. The maximum absolute atomic E-state index is 13.0. The van der Waals surface area contributed by atoms with Gasteiger partial charge in [-0.05, 0) is 57.1 Å². The summed E-state index contributed by atoms with van der Waals surface area (Å²) in [4.78, 5) is 26.1. The highest BCUT2D eigenvalue weighted by molar-refractivity contribution is 7.29. The fraction of sp³-hybridized carbons (Fsp3) is 0.542. The first-order valence-corrected chi connectivity index (χ1v) is 13.6. The monoisotopic (exact) mass is 498 g/mol. The van der Waals surface area contributed by atoms with Crippen molar-refractivity contribution < 1.29 is 9.53 Å². The van der Waals surface area contributed by atoms with E-state index in [4.69, 9.17) is 21.2 Å². The van der Waals surface area contributed by atoms with Gasteiger partial charge in [-0.15, -0.1) is 22.7 Å². The first-order valence-electron chi connectivity index (χ1n) is 12.0. The number of nitrogens with two attached hydrogens (primary N) is 2. The molecule has 3 aromatic heterocycles. The molecule has 6 rings (SSSR count). The van der Waals surface area contributed by atoms with E-state index in [0.717, 1.165) is 77.9 Å². The second kappa shape index (κ2) is 8.44. The summed E-state index contributed by atoms with van der Waals surface area (Å²) >= 11 is 2.92. The minimum absolute atomic E-state index is 0.0179. The number of aryl methyl sites for hydroxylation is 2. The minimum atomic E-state index is -0.225. The average Bonchev–Trinajstić information content (AvgIpc) is 3.45. The van der Waals surface area contributed by atoms with Crippen molar-refractivity contribution in [2.45, 2.75) is 63.1 Å². The molecule has 3 unspecified atom stereocenters. The van der Waals surface area contributed by atoms with Gasteiger partial charge in [0.2, 0.25) is 0 Å². The van der Waals surface area contributed by atoms with Crippen LogP contribution in [-0.4, -0.2) is 53.3 Å². The van der Waals surface area contributed by atoms with Crippen molar-refractivity contribution in [1.29, 1.82) is 0 Å². The molecule has 1 amide bonds. The summed E-state index contributed by atoms with van der Waals surface area (Å²) in [6.07, 6.45) is 5.80. The van der Waals surface area contributed by atoms with E-state index in [-0.39, 0.29) is 23.6 Å². The minimum Gasteiger partial charge on any atom is -0.396 e. The molecule has 0 bridgehead atoms. The molecular weight excluding hydrogens is 468 g/mol. The maximum atomic E-state index is 13.0. The van der Waals surface area contributed by atoms with Gasteiger partial charge >= 0.3 is 0 Å². The standard InChI is InChI=1S/C24H30N6O2S2/c1-13-27-23-21(33-13)19(26)20(34-23)22(31)28-15-5-6-16-14(10-15)4-7-18(29-16)30-11-17(25)24(12-30)8-2-3-9-32-24/h4,7,15,17H,2-3,5-6,8-12,25-26H2,1H3,(H,28,31).